The van der Waals surface area contributed by atoms with Crippen LogP contribution in [0.1, 0.15) is 11.1 Å². The molecule has 0 unspecified atom stereocenters. The maximum atomic E-state index is 12.8. The van der Waals surface area contributed by atoms with Crippen LogP contribution in [-0.4, -0.2) is 16.1 Å². The Balaban J connectivity index is 1.55. The van der Waals surface area contributed by atoms with Crippen molar-refractivity contribution in [2.75, 3.05) is 11.1 Å². The summed E-state index contributed by atoms with van der Waals surface area (Å²) in [6.45, 7) is 1.92. The number of nitrogens with zero attached hydrogens (tertiary/aromatic N) is 2. The summed E-state index contributed by atoms with van der Waals surface area (Å²) < 4.78 is 43.5. The van der Waals surface area contributed by atoms with Crippen LogP contribution in [-0.2, 0) is 6.18 Å². The van der Waals surface area contributed by atoms with Crippen LogP contribution in [0, 0.1) is 6.92 Å². The van der Waals surface area contributed by atoms with Gasteiger partial charge in [-0.05, 0) is 66.1 Å². The van der Waals surface area contributed by atoms with Gasteiger partial charge in [0.1, 0.15) is 5.75 Å². The van der Waals surface area contributed by atoms with E-state index in [1.54, 1.807) is 18.3 Å². The summed E-state index contributed by atoms with van der Waals surface area (Å²) in [6.07, 6.45) is -3.80. The largest absolute Gasteiger partial charge is 0.417 e. The number of aryl methyl sites for hydroxylation is 1. The SMILES string of the molecule is Cc1ccc(NC(=O)Oc2cccc(C(F)(F)F)c2)cc1-c1ccc2nc(N)ncc2c1. The number of ether oxygens (including phenoxy) is 1. The van der Waals surface area contributed by atoms with E-state index in [1.165, 1.54) is 12.1 Å². The number of alkyl halides is 3. The molecule has 9 heteroatoms. The predicted octanol–water partition coefficient (Wildman–Crippen LogP) is 5.82. The minimum atomic E-state index is -4.53. The average molecular weight is 438 g/mol. The minimum Gasteiger partial charge on any atom is -0.410 e. The molecule has 4 rings (SSSR count). The normalized spacial score (nSPS) is 11.4. The molecule has 1 heterocycles. The number of halogens is 3. The Labute approximate surface area is 180 Å². The number of aromatic nitrogens is 2. The molecule has 0 fully saturated rings. The molecule has 0 aliphatic rings. The number of hydrogen-bond acceptors (Lipinski definition) is 5. The van der Waals surface area contributed by atoms with E-state index in [4.69, 9.17) is 10.5 Å². The third kappa shape index (κ3) is 4.61. The standard InChI is InChI=1S/C23H17F3N4O2/c1-13-5-7-17(29-22(31)32-18-4-2-3-16(10-18)23(24,25)26)11-19(13)14-6-8-20-15(9-14)12-28-21(27)30-20/h2-12H,1H3,(H,29,31)(H2,27,28,30). The number of hydrogen-bond donors (Lipinski definition) is 2. The Morgan fingerprint density at radius 3 is 2.66 bits per heavy atom. The zero-order chi connectivity index (χ0) is 22.9. The van der Waals surface area contributed by atoms with Crippen LogP contribution in [0.4, 0.5) is 29.6 Å². The summed E-state index contributed by atoms with van der Waals surface area (Å²) >= 11 is 0. The molecular weight excluding hydrogens is 421 g/mol. The number of benzene rings is 3. The minimum absolute atomic E-state index is 0.187. The fourth-order valence-electron chi connectivity index (χ4n) is 3.21. The first-order valence-electron chi connectivity index (χ1n) is 9.48. The Kier molecular flexibility index (Phi) is 5.40. The Hall–Kier alpha value is -4.14. The zero-order valence-electron chi connectivity index (χ0n) is 16.8. The highest BCUT2D eigenvalue weighted by Crippen LogP contribution is 2.32. The molecule has 4 aromatic rings. The molecule has 0 aliphatic heterocycles. The van der Waals surface area contributed by atoms with Crippen molar-refractivity contribution in [3.05, 3.63) is 78.0 Å². The number of rotatable bonds is 3. The molecule has 0 bridgehead atoms. The number of nitrogens with two attached hydrogens (primary N) is 1. The Bertz CT molecular complexity index is 1320. The fourth-order valence-corrected chi connectivity index (χ4v) is 3.21. The second-order valence-corrected chi connectivity index (χ2v) is 7.07. The predicted molar refractivity (Wildman–Crippen MR) is 115 cm³/mol. The third-order valence-corrected chi connectivity index (χ3v) is 4.77. The summed E-state index contributed by atoms with van der Waals surface area (Å²) in [6, 6.07) is 15.0. The van der Waals surface area contributed by atoms with Crippen molar-refractivity contribution in [3.8, 4) is 16.9 Å². The molecule has 6 nitrogen and oxygen atoms in total. The van der Waals surface area contributed by atoms with Crippen molar-refractivity contribution >= 4 is 28.6 Å². The second-order valence-electron chi connectivity index (χ2n) is 7.07. The van der Waals surface area contributed by atoms with Gasteiger partial charge in [0.25, 0.3) is 0 Å². The van der Waals surface area contributed by atoms with Crippen molar-refractivity contribution in [1.29, 1.82) is 0 Å². The lowest BCUT2D eigenvalue weighted by Crippen LogP contribution is -2.17. The smallest absolute Gasteiger partial charge is 0.410 e. The highest BCUT2D eigenvalue weighted by molar-refractivity contribution is 5.89. The fraction of sp³-hybridized carbons (Fsp3) is 0.0870. The Morgan fingerprint density at radius 2 is 1.88 bits per heavy atom. The van der Waals surface area contributed by atoms with Crippen molar-refractivity contribution in [3.63, 3.8) is 0 Å². The van der Waals surface area contributed by atoms with Gasteiger partial charge in [0.2, 0.25) is 5.95 Å². The molecule has 1 aromatic heterocycles. The third-order valence-electron chi connectivity index (χ3n) is 4.77. The Morgan fingerprint density at radius 1 is 1.06 bits per heavy atom. The van der Waals surface area contributed by atoms with Crippen LogP contribution in [0.3, 0.4) is 0 Å². The van der Waals surface area contributed by atoms with Gasteiger partial charge in [-0.25, -0.2) is 14.8 Å². The lowest BCUT2D eigenvalue weighted by atomic mass is 9.98. The van der Waals surface area contributed by atoms with Crippen molar-refractivity contribution < 1.29 is 22.7 Å². The number of fused-ring (bicyclic) bond motifs is 1. The first-order valence-corrected chi connectivity index (χ1v) is 9.48. The van der Waals surface area contributed by atoms with Crippen LogP contribution in [0.25, 0.3) is 22.0 Å². The van der Waals surface area contributed by atoms with Crippen LogP contribution >= 0.6 is 0 Å². The van der Waals surface area contributed by atoms with Crippen LogP contribution in [0.15, 0.2) is 66.9 Å². The number of anilines is 2. The van der Waals surface area contributed by atoms with E-state index in [-0.39, 0.29) is 11.7 Å². The number of nitrogen functional groups attached to an aromatic ring is 1. The van der Waals surface area contributed by atoms with Crippen LogP contribution in [0.5, 0.6) is 5.75 Å². The molecule has 0 saturated carbocycles. The molecule has 0 spiro atoms. The number of carbonyl (C=O) groups excluding carboxylic acids is 1. The van der Waals surface area contributed by atoms with Crippen LogP contribution < -0.4 is 15.8 Å². The van der Waals surface area contributed by atoms with E-state index >= 15 is 0 Å². The molecule has 162 valence electrons. The van der Waals surface area contributed by atoms with E-state index in [1.807, 2.05) is 31.2 Å². The molecule has 1 amide bonds. The van der Waals surface area contributed by atoms with Crippen molar-refractivity contribution in [1.82, 2.24) is 9.97 Å². The lowest BCUT2D eigenvalue weighted by molar-refractivity contribution is -0.137. The van der Waals surface area contributed by atoms with Crippen molar-refractivity contribution in [2.24, 2.45) is 0 Å². The topological polar surface area (TPSA) is 90.1 Å². The summed E-state index contributed by atoms with van der Waals surface area (Å²) in [7, 11) is 0. The van der Waals surface area contributed by atoms with Gasteiger partial charge in [-0.1, -0.05) is 18.2 Å². The van der Waals surface area contributed by atoms with Crippen LogP contribution in [0.2, 0.25) is 0 Å². The molecule has 32 heavy (non-hydrogen) atoms. The van der Waals surface area contributed by atoms with E-state index in [0.29, 0.717) is 11.2 Å². The number of amides is 1. The van der Waals surface area contributed by atoms with Gasteiger partial charge >= 0.3 is 12.3 Å². The quantitative estimate of drug-likeness (QED) is 0.421. The summed E-state index contributed by atoms with van der Waals surface area (Å²) in [5.74, 6) is -0.0228. The molecule has 0 aliphatic carbocycles. The molecule has 3 aromatic carbocycles. The lowest BCUT2D eigenvalue weighted by Gasteiger charge is -2.12. The highest BCUT2D eigenvalue weighted by Gasteiger charge is 2.30. The monoisotopic (exact) mass is 438 g/mol. The second kappa shape index (κ2) is 8.18. The van der Waals surface area contributed by atoms with Gasteiger partial charge in [-0.2, -0.15) is 13.2 Å². The van der Waals surface area contributed by atoms with Gasteiger partial charge < -0.3 is 10.5 Å². The maximum Gasteiger partial charge on any atom is 0.417 e. The van der Waals surface area contributed by atoms with E-state index in [0.717, 1.165) is 34.2 Å². The maximum absolute atomic E-state index is 12.8. The number of carbonyl (C=O) groups is 1. The molecule has 0 atom stereocenters. The summed E-state index contributed by atoms with van der Waals surface area (Å²) in [5, 5.41) is 3.35. The van der Waals surface area contributed by atoms with Gasteiger partial charge in [-0.3, -0.25) is 5.32 Å². The van der Waals surface area contributed by atoms with Gasteiger partial charge in [0, 0.05) is 17.3 Å². The zero-order valence-corrected chi connectivity index (χ0v) is 16.8. The van der Waals surface area contributed by atoms with E-state index < -0.39 is 17.8 Å². The molecule has 3 N–H and O–H groups in total. The van der Waals surface area contributed by atoms with Gasteiger partial charge in [0.05, 0.1) is 11.1 Å². The first kappa shape index (κ1) is 21.1. The van der Waals surface area contributed by atoms with Crippen molar-refractivity contribution in [2.45, 2.75) is 13.1 Å². The highest BCUT2D eigenvalue weighted by atomic mass is 19.4. The summed E-state index contributed by atoms with van der Waals surface area (Å²) in [4.78, 5) is 20.4. The molecule has 0 radical (unpaired) electrons. The average Bonchev–Trinajstić information content (AvgIpc) is 2.74. The number of nitrogens with one attached hydrogen (secondary N) is 1. The van der Waals surface area contributed by atoms with Gasteiger partial charge in [0.15, 0.2) is 0 Å². The summed E-state index contributed by atoms with van der Waals surface area (Å²) in [5.41, 5.74) is 8.53. The van der Waals surface area contributed by atoms with E-state index in [9.17, 15) is 18.0 Å². The molecular formula is C23H17F3N4O2. The van der Waals surface area contributed by atoms with E-state index in [2.05, 4.69) is 15.3 Å². The molecule has 0 saturated heterocycles. The first-order chi connectivity index (χ1) is 15.2. The van der Waals surface area contributed by atoms with Gasteiger partial charge in [-0.15, -0.1) is 0 Å².